The van der Waals surface area contributed by atoms with Gasteiger partial charge in [-0.25, -0.2) is 0 Å². The number of anilines is 1. The third kappa shape index (κ3) is 3.14. The Morgan fingerprint density at radius 2 is 2.15 bits per heavy atom. The molecule has 1 aromatic heterocycles. The molecule has 4 heteroatoms. The maximum absolute atomic E-state index is 9.41. The molecule has 0 radical (unpaired) electrons. The van der Waals surface area contributed by atoms with Crippen LogP contribution in [0.5, 0.6) is 5.75 Å². The molecule has 4 nitrogen and oxygen atoms in total. The molecule has 0 saturated heterocycles. The van der Waals surface area contributed by atoms with Gasteiger partial charge in [0.2, 0.25) is 0 Å². The Balaban J connectivity index is 2.15. The number of nitrogens with one attached hydrogen (secondary N) is 1. The lowest BCUT2D eigenvalue weighted by Crippen LogP contribution is -2.07. The van der Waals surface area contributed by atoms with Gasteiger partial charge in [-0.05, 0) is 50.6 Å². The molecule has 0 fully saturated rings. The standard InChI is InChI=1S/C16H21NO3/c1-4-19-15-6-5-14(9-13(15)10-18)17-12(3)16-11(2)7-8-20-16/h5-9,12,17-18H,4,10H2,1-3H3. The molecule has 0 amide bonds. The Hall–Kier alpha value is -1.94. The van der Waals surface area contributed by atoms with E-state index in [0.29, 0.717) is 6.61 Å². The average molecular weight is 275 g/mol. The van der Waals surface area contributed by atoms with Crippen molar-refractivity contribution in [2.45, 2.75) is 33.4 Å². The van der Waals surface area contributed by atoms with E-state index in [-0.39, 0.29) is 12.6 Å². The zero-order valence-electron chi connectivity index (χ0n) is 12.1. The van der Waals surface area contributed by atoms with Crippen LogP contribution in [0.15, 0.2) is 34.9 Å². The van der Waals surface area contributed by atoms with Gasteiger partial charge in [0.1, 0.15) is 11.5 Å². The van der Waals surface area contributed by atoms with E-state index in [9.17, 15) is 5.11 Å². The summed E-state index contributed by atoms with van der Waals surface area (Å²) in [6, 6.07) is 7.73. The summed E-state index contributed by atoms with van der Waals surface area (Å²) in [6.45, 7) is 6.53. The summed E-state index contributed by atoms with van der Waals surface area (Å²) in [5.41, 5.74) is 2.83. The highest BCUT2D eigenvalue weighted by atomic mass is 16.5. The lowest BCUT2D eigenvalue weighted by atomic mass is 10.1. The van der Waals surface area contributed by atoms with Crippen LogP contribution in [0.1, 0.15) is 36.8 Å². The molecule has 0 saturated carbocycles. The molecule has 2 N–H and O–H groups in total. The molecule has 0 aliphatic rings. The zero-order valence-corrected chi connectivity index (χ0v) is 12.1. The van der Waals surface area contributed by atoms with Gasteiger partial charge in [0, 0.05) is 11.3 Å². The van der Waals surface area contributed by atoms with Crippen molar-refractivity contribution in [2.75, 3.05) is 11.9 Å². The topological polar surface area (TPSA) is 54.6 Å². The molecule has 108 valence electrons. The van der Waals surface area contributed by atoms with Crippen molar-refractivity contribution in [3.63, 3.8) is 0 Å². The van der Waals surface area contributed by atoms with E-state index < -0.39 is 0 Å². The van der Waals surface area contributed by atoms with Crippen molar-refractivity contribution in [1.29, 1.82) is 0 Å². The van der Waals surface area contributed by atoms with Crippen LogP contribution in [0.2, 0.25) is 0 Å². The van der Waals surface area contributed by atoms with E-state index in [2.05, 4.69) is 5.32 Å². The van der Waals surface area contributed by atoms with Crippen LogP contribution in [-0.4, -0.2) is 11.7 Å². The fourth-order valence-electron chi connectivity index (χ4n) is 2.23. The first-order valence-electron chi connectivity index (χ1n) is 6.82. The van der Waals surface area contributed by atoms with Gasteiger partial charge in [-0.1, -0.05) is 0 Å². The fraction of sp³-hybridized carbons (Fsp3) is 0.375. The number of aliphatic hydroxyl groups is 1. The van der Waals surface area contributed by atoms with Gasteiger partial charge in [-0.2, -0.15) is 0 Å². The highest BCUT2D eigenvalue weighted by Crippen LogP contribution is 2.27. The molecule has 0 bridgehead atoms. The first kappa shape index (κ1) is 14.5. The third-order valence-corrected chi connectivity index (χ3v) is 3.21. The van der Waals surface area contributed by atoms with Gasteiger partial charge in [-0.15, -0.1) is 0 Å². The van der Waals surface area contributed by atoms with Crippen LogP contribution in [0.3, 0.4) is 0 Å². The summed E-state index contributed by atoms with van der Waals surface area (Å²) >= 11 is 0. The van der Waals surface area contributed by atoms with Crippen molar-refractivity contribution in [3.05, 3.63) is 47.4 Å². The van der Waals surface area contributed by atoms with Crippen molar-refractivity contribution in [2.24, 2.45) is 0 Å². The SMILES string of the molecule is CCOc1ccc(NC(C)c2occc2C)cc1CO. The summed E-state index contributed by atoms with van der Waals surface area (Å²) in [4.78, 5) is 0. The Kier molecular flexibility index (Phi) is 4.69. The molecule has 2 rings (SSSR count). The maximum Gasteiger partial charge on any atom is 0.128 e. The first-order valence-corrected chi connectivity index (χ1v) is 6.82. The van der Waals surface area contributed by atoms with Gasteiger partial charge in [0.15, 0.2) is 0 Å². The largest absolute Gasteiger partial charge is 0.494 e. The number of furan rings is 1. The minimum Gasteiger partial charge on any atom is -0.494 e. The van der Waals surface area contributed by atoms with E-state index in [0.717, 1.165) is 28.3 Å². The Labute approximate surface area is 119 Å². The molecule has 1 heterocycles. The maximum atomic E-state index is 9.41. The number of ether oxygens (including phenoxy) is 1. The fourth-order valence-corrected chi connectivity index (χ4v) is 2.23. The highest BCUT2D eigenvalue weighted by Gasteiger charge is 2.12. The first-order chi connectivity index (χ1) is 9.65. The highest BCUT2D eigenvalue weighted by molar-refractivity contribution is 5.52. The van der Waals surface area contributed by atoms with Crippen molar-refractivity contribution in [3.8, 4) is 5.75 Å². The number of hydrogen-bond acceptors (Lipinski definition) is 4. The lowest BCUT2D eigenvalue weighted by Gasteiger charge is -2.16. The van der Waals surface area contributed by atoms with Gasteiger partial charge >= 0.3 is 0 Å². The quantitative estimate of drug-likeness (QED) is 0.845. The second-order valence-electron chi connectivity index (χ2n) is 4.75. The molecule has 2 aromatic rings. The van der Waals surface area contributed by atoms with E-state index in [1.165, 1.54) is 0 Å². The van der Waals surface area contributed by atoms with Crippen LogP contribution in [-0.2, 0) is 6.61 Å². The number of benzene rings is 1. The predicted octanol–water partition coefficient (Wildman–Crippen LogP) is 3.65. The van der Waals surface area contributed by atoms with E-state index in [4.69, 9.17) is 9.15 Å². The normalized spacial score (nSPS) is 12.2. The predicted molar refractivity (Wildman–Crippen MR) is 79.0 cm³/mol. The van der Waals surface area contributed by atoms with Crippen molar-refractivity contribution in [1.82, 2.24) is 0 Å². The smallest absolute Gasteiger partial charge is 0.128 e. The van der Waals surface area contributed by atoms with Crippen LogP contribution in [0.25, 0.3) is 0 Å². The van der Waals surface area contributed by atoms with E-state index >= 15 is 0 Å². The van der Waals surface area contributed by atoms with Crippen LogP contribution < -0.4 is 10.1 Å². The van der Waals surface area contributed by atoms with E-state index in [1.807, 2.05) is 45.0 Å². The van der Waals surface area contributed by atoms with Crippen molar-refractivity contribution < 1.29 is 14.3 Å². The molecule has 0 spiro atoms. The number of aryl methyl sites for hydroxylation is 1. The molecule has 20 heavy (non-hydrogen) atoms. The number of hydrogen-bond donors (Lipinski definition) is 2. The second kappa shape index (κ2) is 6.48. The summed E-state index contributed by atoms with van der Waals surface area (Å²) < 4.78 is 11.0. The Morgan fingerprint density at radius 3 is 2.75 bits per heavy atom. The van der Waals surface area contributed by atoms with Crippen LogP contribution >= 0.6 is 0 Å². The van der Waals surface area contributed by atoms with Gasteiger partial charge < -0.3 is 19.6 Å². The summed E-state index contributed by atoms with van der Waals surface area (Å²) in [7, 11) is 0. The summed E-state index contributed by atoms with van der Waals surface area (Å²) in [6.07, 6.45) is 1.69. The Bertz CT molecular complexity index is 563. The molecule has 0 aliphatic carbocycles. The van der Waals surface area contributed by atoms with Gasteiger partial charge in [0.05, 0.1) is 25.5 Å². The van der Waals surface area contributed by atoms with Crippen molar-refractivity contribution >= 4 is 5.69 Å². The lowest BCUT2D eigenvalue weighted by molar-refractivity contribution is 0.267. The zero-order chi connectivity index (χ0) is 14.5. The average Bonchev–Trinajstić information content (AvgIpc) is 2.87. The number of rotatable bonds is 6. The molecule has 1 atom stereocenters. The van der Waals surface area contributed by atoms with Crippen LogP contribution in [0, 0.1) is 6.92 Å². The summed E-state index contributed by atoms with van der Waals surface area (Å²) in [5.74, 6) is 1.65. The molecule has 1 aromatic carbocycles. The van der Waals surface area contributed by atoms with Crippen LogP contribution in [0.4, 0.5) is 5.69 Å². The summed E-state index contributed by atoms with van der Waals surface area (Å²) in [5, 5.41) is 12.8. The molecule has 0 aliphatic heterocycles. The van der Waals surface area contributed by atoms with Gasteiger partial charge in [0.25, 0.3) is 0 Å². The minimum atomic E-state index is -0.0426. The third-order valence-electron chi connectivity index (χ3n) is 3.21. The monoisotopic (exact) mass is 275 g/mol. The number of aliphatic hydroxyl groups excluding tert-OH is 1. The molecular weight excluding hydrogens is 254 g/mol. The molecular formula is C16H21NO3. The molecule has 1 unspecified atom stereocenters. The minimum absolute atomic E-state index is 0.0426. The van der Waals surface area contributed by atoms with E-state index in [1.54, 1.807) is 6.26 Å². The van der Waals surface area contributed by atoms with Gasteiger partial charge in [-0.3, -0.25) is 0 Å². The second-order valence-corrected chi connectivity index (χ2v) is 4.75. The Morgan fingerprint density at radius 1 is 1.35 bits per heavy atom.